The summed E-state index contributed by atoms with van der Waals surface area (Å²) in [7, 11) is 1.96. The topological polar surface area (TPSA) is 71.4 Å². The fourth-order valence-corrected chi connectivity index (χ4v) is 6.60. The van der Waals surface area contributed by atoms with Gasteiger partial charge in [0.15, 0.2) is 5.78 Å². The zero-order valence-electron chi connectivity index (χ0n) is 26.1. The molecule has 0 radical (unpaired) electrons. The lowest BCUT2D eigenvalue weighted by molar-refractivity contribution is -0.115. The van der Waals surface area contributed by atoms with Crippen molar-refractivity contribution < 1.29 is 18.4 Å². The predicted octanol–water partition coefficient (Wildman–Crippen LogP) is 8.30. The van der Waals surface area contributed by atoms with Gasteiger partial charge in [-0.2, -0.15) is 0 Å². The minimum Gasteiger partial charge on any atom is -0.334 e. The van der Waals surface area contributed by atoms with Crippen molar-refractivity contribution in [2.75, 3.05) is 12.4 Å². The van der Waals surface area contributed by atoms with Crippen molar-refractivity contribution in [1.82, 2.24) is 9.47 Å². The Morgan fingerprint density at radius 3 is 2.17 bits per heavy atom. The van der Waals surface area contributed by atoms with Crippen molar-refractivity contribution in [3.63, 3.8) is 0 Å². The summed E-state index contributed by atoms with van der Waals surface area (Å²) >= 11 is 1.34. The molecule has 1 amide bonds. The van der Waals surface area contributed by atoms with Gasteiger partial charge in [0.1, 0.15) is 16.5 Å². The van der Waals surface area contributed by atoms with Gasteiger partial charge in [-0.1, -0.05) is 69.3 Å². The lowest BCUT2D eigenvalue weighted by Crippen LogP contribution is -2.24. The number of fused-ring (bicyclic) bond motifs is 1. The Balaban J connectivity index is 0.00000480. The maximum atomic E-state index is 14.9. The number of amides is 1. The van der Waals surface area contributed by atoms with Crippen LogP contribution in [-0.2, 0) is 24.4 Å². The van der Waals surface area contributed by atoms with E-state index in [1.54, 1.807) is 37.5 Å². The van der Waals surface area contributed by atoms with Gasteiger partial charge in [0.05, 0.1) is 17.5 Å². The molecule has 10 heteroatoms. The number of anilines is 1. The molecule has 0 saturated heterocycles. The van der Waals surface area contributed by atoms with Crippen molar-refractivity contribution in [2.45, 2.75) is 46.8 Å². The van der Waals surface area contributed by atoms with Crippen LogP contribution in [-0.4, -0.2) is 28.2 Å². The third-order valence-corrected chi connectivity index (χ3v) is 8.98. The van der Waals surface area contributed by atoms with E-state index < -0.39 is 23.0 Å². The lowest BCUT2D eigenvalue weighted by atomic mass is 9.99. The third kappa shape index (κ3) is 7.44. The lowest BCUT2D eigenvalue weighted by Gasteiger charge is -2.18. The van der Waals surface area contributed by atoms with Crippen LogP contribution in [0.2, 0.25) is 0 Å². The first kappa shape index (κ1) is 34.7. The molecule has 0 fully saturated rings. The fourth-order valence-electron chi connectivity index (χ4n) is 5.31. The number of ketones is 1. The molecule has 0 aliphatic carbocycles. The number of hydrogen-bond donors (Lipinski definition) is 1. The fraction of sp³-hybridized carbons (Fsp3) is 0.250. The summed E-state index contributed by atoms with van der Waals surface area (Å²) in [4.78, 5) is 42.9. The van der Waals surface area contributed by atoms with Crippen molar-refractivity contribution in [1.29, 1.82) is 0 Å². The second-order valence-electron chi connectivity index (χ2n) is 11.4. The molecular weight excluding hydrogens is 628 g/mol. The summed E-state index contributed by atoms with van der Waals surface area (Å²) < 4.78 is 31.4. The second kappa shape index (κ2) is 14.9. The van der Waals surface area contributed by atoms with Crippen LogP contribution in [0.3, 0.4) is 0 Å². The highest BCUT2D eigenvalue weighted by Gasteiger charge is 2.26. The monoisotopic (exact) mass is 663 g/mol. The van der Waals surface area contributed by atoms with Crippen molar-refractivity contribution in [3.8, 4) is 10.4 Å². The van der Waals surface area contributed by atoms with Gasteiger partial charge < -0.3 is 9.88 Å². The van der Waals surface area contributed by atoms with Gasteiger partial charge >= 0.3 is 0 Å². The average molecular weight is 664 g/mol. The number of carbonyl (C=O) groups is 2. The quantitative estimate of drug-likeness (QED) is 0.144. The minimum atomic E-state index is -0.706. The van der Waals surface area contributed by atoms with E-state index in [2.05, 4.69) is 10.2 Å². The molecule has 5 aromatic rings. The number of thiophene rings is 1. The van der Waals surface area contributed by atoms with Crippen LogP contribution in [0.4, 0.5) is 14.5 Å². The second-order valence-corrected chi connectivity index (χ2v) is 12.4. The Labute approximate surface area is 277 Å². The minimum absolute atomic E-state index is 0. The van der Waals surface area contributed by atoms with Crippen molar-refractivity contribution in [2.24, 2.45) is 5.92 Å². The van der Waals surface area contributed by atoms with Gasteiger partial charge in [0.25, 0.3) is 0 Å². The van der Waals surface area contributed by atoms with E-state index in [1.807, 2.05) is 49.5 Å². The van der Waals surface area contributed by atoms with E-state index in [0.717, 1.165) is 21.6 Å². The highest BCUT2D eigenvalue weighted by molar-refractivity contribution is 7.22. The van der Waals surface area contributed by atoms with Crippen LogP contribution < -0.4 is 10.7 Å². The number of Topliss-reactive ketones (excluding diaryl/α,β-unsaturated/α-hetero) is 1. The molecule has 0 bridgehead atoms. The predicted molar refractivity (Wildman–Crippen MR) is 184 cm³/mol. The van der Waals surface area contributed by atoms with Gasteiger partial charge in [-0.25, -0.2) is 8.78 Å². The molecule has 0 unspecified atom stereocenters. The Bertz CT molecular complexity index is 1900. The average Bonchev–Trinajstić information content (AvgIpc) is 3.40. The van der Waals surface area contributed by atoms with Crippen molar-refractivity contribution >= 4 is 51.3 Å². The summed E-state index contributed by atoms with van der Waals surface area (Å²) in [6, 6.07) is 21.0. The first-order valence-corrected chi connectivity index (χ1v) is 15.7. The number of halogens is 3. The number of aromatic nitrogens is 1. The normalized spacial score (nSPS) is 11.2. The molecule has 2 heterocycles. The zero-order chi connectivity index (χ0) is 32.2. The molecule has 46 heavy (non-hydrogen) atoms. The first-order valence-electron chi connectivity index (χ1n) is 14.9. The standard InChI is InChI=1S/C36H35F2N3O3S.ClH/c1-5-31(42)39-25-16-14-24(15-17-25)35-27(19-40(4)18-23-10-7-6-8-11-23)32-34(44)28(33(43)22(2)3)21-41(36(32)45-35)20-26-29(37)12-9-13-30(26)38;/h6-17,21-22H,5,18-20H2,1-4H3,(H,39,42);1H. The van der Waals surface area contributed by atoms with Gasteiger partial charge in [-0.15, -0.1) is 23.7 Å². The Hall–Kier alpha value is -4.18. The Morgan fingerprint density at radius 1 is 0.913 bits per heavy atom. The number of carbonyl (C=O) groups excluding carboxylic acids is 2. The van der Waals surface area contributed by atoms with Crippen LogP contribution >= 0.6 is 23.7 Å². The van der Waals surface area contributed by atoms with E-state index in [1.165, 1.54) is 35.7 Å². The zero-order valence-corrected chi connectivity index (χ0v) is 27.7. The molecule has 0 atom stereocenters. The summed E-state index contributed by atoms with van der Waals surface area (Å²) in [5.41, 5.74) is 2.72. The van der Waals surface area contributed by atoms with Crippen LogP contribution in [0.5, 0.6) is 0 Å². The summed E-state index contributed by atoms with van der Waals surface area (Å²) in [5.74, 6) is -2.31. The Morgan fingerprint density at radius 2 is 1.57 bits per heavy atom. The molecule has 6 nitrogen and oxygen atoms in total. The molecule has 0 aliphatic rings. The van der Waals surface area contributed by atoms with E-state index >= 15 is 0 Å². The summed E-state index contributed by atoms with van der Waals surface area (Å²) in [6.07, 6.45) is 1.79. The van der Waals surface area contributed by atoms with Crippen LogP contribution in [0.15, 0.2) is 83.8 Å². The maximum absolute atomic E-state index is 14.9. The summed E-state index contributed by atoms with van der Waals surface area (Å²) in [6.45, 7) is 6.01. The number of nitrogens with one attached hydrogen (secondary N) is 1. The van der Waals surface area contributed by atoms with Gasteiger partial charge in [0.2, 0.25) is 11.3 Å². The molecular formula is C36H36ClF2N3O3S. The van der Waals surface area contributed by atoms with Gasteiger partial charge in [0, 0.05) is 47.8 Å². The molecule has 2 aromatic heterocycles. The molecule has 1 N–H and O–H groups in total. The number of benzene rings is 3. The first-order chi connectivity index (χ1) is 21.6. The number of nitrogens with zero attached hydrogens (tertiary/aromatic N) is 2. The van der Waals surface area contributed by atoms with E-state index in [4.69, 9.17) is 0 Å². The van der Waals surface area contributed by atoms with Crippen LogP contribution in [0.1, 0.15) is 54.2 Å². The van der Waals surface area contributed by atoms with Crippen molar-refractivity contribution in [3.05, 3.63) is 123 Å². The molecule has 0 saturated carbocycles. The highest BCUT2D eigenvalue weighted by atomic mass is 35.5. The smallest absolute Gasteiger partial charge is 0.224 e. The molecule has 240 valence electrons. The molecule has 0 spiro atoms. The van der Waals surface area contributed by atoms with Crippen LogP contribution in [0, 0.1) is 17.6 Å². The van der Waals surface area contributed by atoms with E-state index in [0.29, 0.717) is 35.4 Å². The van der Waals surface area contributed by atoms with Crippen LogP contribution in [0.25, 0.3) is 20.7 Å². The SMILES string of the molecule is CCC(=O)Nc1ccc(-c2sc3c(c2CN(C)Cc2ccccc2)c(=O)c(C(=O)C(C)C)cn3Cc2c(F)cccc2F)cc1.Cl. The van der Waals surface area contributed by atoms with E-state index in [9.17, 15) is 23.2 Å². The third-order valence-electron chi connectivity index (χ3n) is 7.66. The Kier molecular flexibility index (Phi) is 11.3. The molecule has 0 aliphatic heterocycles. The van der Waals surface area contributed by atoms with E-state index in [-0.39, 0.29) is 41.8 Å². The highest BCUT2D eigenvalue weighted by Crippen LogP contribution is 2.39. The maximum Gasteiger partial charge on any atom is 0.224 e. The molecule has 5 rings (SSSR count). The number of rotatable bonds is 11. The summed E-state index contributed by atoms with van der Waals surface area (Å²) in [5, 5.41) is 3.21. The molecule has 3 aromatic carbocycles. The number of hydrogen-bond acceptors (Lipinski definition) is 5. The van der Waals surface area contributed by atoms with Gasteiger partial charge in [-0.05, 0) is 48.0 Å². The van der Waals surface area contributed by atoms with Gasteiger partial charge in [-0.3, -0.25) is 19.3 Å². The largest absolute Gasteiger partial charge is 0.334 e. The number of pyridine rings is 1.